The molecule has 0 unspecified atom stereocenters. The summed E-state index contributed by atoms with van der Waals surface area (Å²) in [5, 5.41) is 3.03. The van der Waals surface area contributed by atoms with Crippen molar-refractivity contribution in [2.24, 2.45) is 0 Å². The van der Waals surface area contributed by atoms with Gasteiger partial charge in [0.1, 0.15) is 10.6 Å². The Balaban J connectivity index is 1.92. The molecule has 33 heavy (non-hydrogen) atoms. The first-order valence-electron chi connectivity index (χ1n) is 9.86. The average Bonchev–Trinajstić information content (AvgIpc) is 3.17. The zero-order chi connectivity index (χ0) is 24.4. The van der Waals surface area contributed by atoms with Crippen molar-refractivity contribution >= 4 is 9.84 Å². The summed E-state index contributed by atoms with van der Waals surface area (Å²) in [4.78, 5) is -0.236. The molecular weight excluding hydrogens is 482 g/mol. The number of rotatable bonds is 3. The van der Waals surface area contributed by atoms with Crippen LogP contribution in [0.2, 0.25) is 0 Å². The second kappa shape index (κ2) is 7.39. The number of hydrogen-bond donors (Lipinski definition) is 1. The second-order valence-corrected chi connectivity index (χ2v) is 10.4. The van der Waals surface area contributed by atoms with Gasteiger partial charge in [-0.1, -0.05) is 18.2 Å². The molecule has 12 heteroatoms. The number of benzene rings is 2. The third kappa shape index (κ3) is 3.28. The molecule has 0 bridgehead atoms. The van der Waals surface area contributed by atoms with Crippen LogP contribution in [0.15, 0.2) is 47.4 Å². The van der Waals surface area contributed by atoms with Crippen molar-refractivity contribution in [2.75, 3.05) is 6.54 Å². The highest BCUT2D eigenvalue weighted by Crippen LogP contribution is 2.55. The Labute approximate surface area is 183 Å². The van der Waals surface area contributed by atoms with E-state index in [4.69, 9.17) is 0 Å². The van der Waals surface area contributed by atoms with Crippen LogP contribution in [-0.4, -0.2) is 33.4 Å². The highest BCUT2D eigenvalue weighted by atomic mass is 32.2. The Morgan fingerprint density at radius 3 is 2.09 bits per heavy atom. The Morgan fingerprint density at radius 1 is 0.909 bits per heavy atom. The zero-order valence-electron chi connectivity index (χ0n) is 16.7. The molecule has 0 radical (unpaired) electrons. The lowest BCUT2D eigenvalue weighted by molar-refractivity contribution is -0.348. The van der Waals surface area contributed by atoms with E-state index in [-0.39, 0.29) is 41.8 Å². The van der Waals surface area contributed by atoms with Gasteiger partial charge in [0.2, 0.25) is 0 Å². The molecule has 2 atom stereocenters. The summed E-state index contributed by atoms with van der Waals surface area (Å²) in [7, 11) is -4.26. The first kappa shape index (κ1) is 23.9. The van der Waals surface area contributed by atoms with Crippen LogP contribution in [0.4, 0.5) is 35.1 Å². The van der Waals surface area contributed by atoms with E-state index in [0.717, 1.165) is 30.3 Å². The molecule has 2 aliphatic rings. The van der Waals surface area contributed by atoms with Gasteiger partial charge in [-0.15, -0.1) is 0 Å². The molecular formula is C21H17F8NO2S. The summed E-state index contributed by atoms with van der Waals surface area (Å²) in [6.07, 6.45) is -12.5. The van der Waals surface area contributed by atoms with Crippen molar-refractivity contribution in [3.8, 4) is 0 Å². The van der Waals surface area contributed by atoms with E-state index < -0.39 is 50.0 Å². The number of fused-ring (bicyclic) bond motifs is 3. The molecule has 1 heterocycles. The molecule has 1 fully saturated rings. The van der Waals surface area contributed by atoms with Crippen LogP contribution >= 0.6 is 0 Å². The van der Waals surface area contributed by atoms with Crippen LogP contribution in [0.3, 0.4) is 0 Å². The van der Waals surface area contributed by atoms with E-state index in [0.29, 0.717) is 12.1 Å². The minimum Gasteiger partial charge on any atom is -0.312 e. The van der Waals surface area contributed by atoms with Gasteiger partial charge in [0.25, 0.3) is 0 Å². The number of sulfone groups is 1. The maximum atomic E-state index is 14.6. The number of alkyl halides is 7. The van der Waals surface area contributed by atoms with Crippen LogP contribution in [0.25, 0.3) is 0 Å². The van der Waals surface area contributed by atoms with Gasteiger partial charge in [0.05, 0.1) is 4.90 Å². The van der Waals surface area contributed by atoms with Crippen LogP contribution in [0.5, 0.6) is 0 Å². The van der Waals surface area contributed by atoms with Gasteiger partial charge in [0, 0.05) is 11.6 Å². The fraction of sp³-hybridized carbons (Fsp3) is 0.429. The first-order chi connectivity index (χ1) is 15.2. The molecule has 0 saturated carbocycles. The maximum absolute atomic E-state index is 14.6. The third-order valence-corrected chi connectivity index (χ3v) is 9.06. The smallest absolute Gasteiger partial charge is 0.312 e. The van der Waals surface area contributed by atoms with Crippen molar-refractivity contribution < 1.29 is 43.5 Å². The van der Waals surface area contributed by atoms with E-state index >= 15 is 0 Å². The van der Waals surface area contributed by atoms with E-state index in [1.54, 1.807) is 0 Å². The van der Waals surface area contributed by atoms with Crippen molar-refractivity contribution in [1.82, 2.24) is 5.32 Å². The summed E-state index contributed by atoms with van der Waals surface area (Å²) in [6.45, 7) is 0.227. The van der Waals surface area contributed by atoms with Crippen molar-refractivity contribution in [3.05, 3.63) is 65.0 Å². The Bertz CT molecular complexity index is 1160. The molecule has 180 valence electrons. The van der Waals surface area contributed by atoms with Crippen molar-refractivity contribution in [1.29, 1.82) is 0 Å². The van der Waals surface area contributed by atoms with Crippen LogP contribution < -0.4 is 5.32 Å². The van der Waals surface area contributed by atoms with Gasteiger partial charge in [-0.25, -0.2) is 17.2 Å². The van der Waals surface area contributed by atoms with Gasteiger partial charge in [0.15, 0.2) is 9.84 Å². The fourth-order valence-electron chi connectivity index (χ4n) is 4.93. The topological polar surface area (TPSA) is 46.2 Å². The van der Waals surface area contributed by atoms with E-state index in [1.807, 2.05) is 0 Å². The summed E-state index contributed by atoms with van der Waals surface area (Å²) in [5.41, 5.74) is -7.35. The van der Waals surface area contributed by atoms with Gasteiger partial charge in [-0.05, 0) is 61.2 Å². The SMILES string of the molecule is O=S(=O)(c1ccc(F)cc1)[C@]12CCN[C@H]1CCc1cc(C(F)(C(F)(F)F)C(F)(F)F)ccc12. The van der Waals surface area contributed by atoms with Crippen molar-refractivity contribution in [3.63, 3.8) is 0 Å². The zero-order valence-corrected chi connectivity index (χ0v) is 17.5. The predicted octanol–water partition coefficient (Wildman–Crippen LogP) is 5.09. The fourth-order valence-corrected chi connectivity index (χ4v) is 7.28. The minimum atomic E-state index is -6.27. The Morgan fingerprint density at radius 2 is 1.52 bits per heavy atom. The lowest BCUT2D eigenvalue weighted by Crippen LogP contribution is -2.51. The molecule has 4 rings (SSSR count). The number of halogens is 8. The Hall–Kier alpha value is -2.21. The lowest BCUT2D eigenvalue weighted by atomic mass is 9.77. The quantitative estimate of drug-likeness (QED) is 0.473. The number of hydrogen-bond acceptors (Lipinski definition) is 3. The van der Waals surface area contributed by atoms with Gasteiger partial charge < -0.3 is 5.32 Å². The predicted molar refractivity (Wildman–Crippen MR) is 101 cm³/mol. The highest BCUT2D eigenvalue weighted by Gasteiger charge is 2.73. The summed E-state index contributed by atoms with van der Waals surface area (Å²) in [5.74, 6) is -0.681. The lowest BCUT2D eigenvalue weighted by Gasteiger charge is -2.41. The molecule has 3 nitrogen and oxygen atoms in total. The van der Waals surface area contributed by atoms with Crippen molar-refractivity contribution in [2.45, 2.75) is 53.0 Å². The summed E-state index contributed by atoms with van der Waals surface area (Å²) in [6, 6.07) is 4.97. The molecule has 1 saturated heterocycles. The number of aryl methyl sites for hydroxylation is 1. The third-order valence-electron chi connectivity index (χ3n) is 6.50. The summed E-state index contributed by atoms with van der Waals surface area (Å²) < 4.78 is 133. The molecule has 0 aromatic heterocycles. The molecule has 0 spiro atoms. The number of nitrogens with one attached hydrogen (secondary N) is 1. The monoisotopic (exact) mass is 499 g/mol. The van der Waals surface area contributed by atoms with E-state index in [2.05, 4.69) is 5.32 Å². The van der Waals surface area contributed by atoms with Gasteiger partial charge in [-0.2, -0.15) is 26.3 Å². The Kier molecular flexibility index (Phi) is 5.36. The molecule has 1 aliphatic heterocycles. The molecule has 1 aliphatic carbocycles. The molecule has 0 amide bonds. The largest absolute Gasteiger partial charge is 0.435 e. The minimum absolute atomic E-state index is 0.0109. The molecule has 1 N–H and O–H groups in total. The second-order valence-electron chi connectivity index (χ2n) is 8.17. The molecule has 2 aromatic carbocycles. The van der Waals surface area contributed by atoms with E-state index in [1.165, 1.54) is 0 Å². The van der Waals surface area contributed by atoms with E-state index in [9.17, 15) is 43.5 Å². The van der Waals surface area contributed by atoms with Crippen LogP contribution in [0, 0.1) is 5.82 Å². The summed E-state index contributed by atoms with van der Waals surface area (Å²) >= 11 is 0. The van der Waals surface area contributed by atoms with Gasteiger partial charge >= 0.3 is 18.0 Å². The standard InChI is InChI=1S/C21H17F8NO2S/c22-14-3-5-15(6-4-14)33(31,32)18-9-10-30-17(18)8-1-12-11-13(2-7-16(12)18)19(23,20(24,25)26)21(27,28)29/h2-7,11,17,30H,1,8-10H2/t17-,18-/m0/s1. The first-order valence-corrected chi connectivity index (χ1v) is 11.3. The van der Waals surface area contributed by atoms with Crippen LogP contribution in [-0.2, 0) is 26.7 Å². The normalized spacial score (nSPS) is 23.8. The highest BCUT2D eigenvalue weighted by molar-refractivity contribution is 7.92. The van der Waals surface area contributed by atoms with Crippen LogP contribution in [0.1, 0.15) is 29.5 Å². The van der Waals surface area contributed by atoms with Gasteiger partial charge in [-0.3, -0.25) is 0 Å². The maximum Gasteiger partial charge on any atom is 0.435 e. The molecule has 2 aromatic rings. The average molecular weight is 499 g/mol.